The molecule has 2 aromatic carbocycles. The summed E-state index contributed by atoms with van der Waals surface area (Å²) >= 11 is 0. The number of hydrogen-bond acceptors (Lipinski definition) is 4. The Morgan fingerprint density at radius 3 is 2.43 bits per heavy atom. The summed E-state index contributed by atoms with van der Waals surface area (Å²) in [5.41, 5.74) is 0.454. The van der Waals surface area contributed by atoms with Crippen LogP contribution in [0.4, 0.5) is 4.39 Å². The second-order valence-electron chi connectivity index (χ2n) is 4.66. The van der Waals surface area contributed by atoms with Gasteiger partial charge in [-0.3, -0.25) is 4.79 Å². The number of halogens is 1. The van der Waals surface area contributed by atoms with Crippen LogP contribution in [0.1, 0.15) is 10.4 Å². The molecule has 2 N–H and O–H groups in total. The summed E-state index contributed by atoms with van der Waals surface area (Å²) in [6, 6.07) is 12.5. The quantitative estimate of drug-likeness (QED) is 0.730. The maximum Gasteiger partial charge on any atom is 0.251 e. The predicted octanol–water partition coefficient (Wildman–Crippen LogP) is 2.01. The smallest absolute Gasteiger partial charge is 0.251 e. The minimum Gasteiger partial charge on any atom is -0.490 e. The number of carbonyl (C=O) groups is 1. The first kappa shape index (κ1) is 16.8. The van der Waals surface area contributed by atoms with Crippen LogP contribution in [0.15, 0.2) is 48.5 Å². The second-order valence-corrected chi connectivity index (χ2v) is 4.66. The highest BCUT2D eigenvalue weighted by Crippen LogP contribution is 2.14. The number of benzene rings is 2. The van der Waals surface area contributed by atoms with Crippen LogP contribution in [0.5, 0.6) is 11.5 Å². The van der Waals surface area contributed by atoms with E-state index < -0.39 is 0 Å². The number of nitrogens with one attached hydrogen (secondary N) is 1. The number of hydrogen-bond donors (Lipinski definition) is 2. The molecule has 0 atom stereocenters. The van der Waals surface area contributed by atoms with Crippen LogP contribution >= 0.6 is 0 Å². The molecule has 0 radical (unpaired) electrons. The Morgan fingerprint density at radius 2 is 1.74 bits per heavy atom. The third kappa shape index (κ3) is 5.60. The van der Waals surface area contributed by atoms with Crippen LogP contribution in [0.2, 0.25) is 0 Å². The van der Waals surface area contributed by atoms with E-state index >= 15 is 0 Å². The van der Waals surface area contributed by atoms with Crippen LogP contribution in [0, 0.1) is 5.82 Å². The predicted molar refractivity (Wildman–Crippen MR) is 83.3 cm³/mol. The summed E-state index contributed by atoms with van der Waals surface area (Å²) in [5.74, 6) is 0.522. The largest absolute Gasteiger partial charge is 0.490 e. The standard InChI is InChI=1S/C17H18FNO4/c18-14-4-6-15(7-5-14)22-10-11-23-16-3-1-2-13(12-16)17(21)19-8-9-20/h1-7,12,20H,8-11H2,(H,19,21). The van der Waals surface area contributed by atoms with E-state index in [1.165, 1.54) is 12.1 Å². The molecular formula is C17H18FNO4. The first-order chi connectivity index (χ1) is 11.2. The van der Waals surface area contributed by atoms with Crippen LogP contribution in [0.3, 0.4) is 0 Å². The van der Waals surface area contributed by atoms with E-state index in [-0.39, 0.29) is 24.9 Å². The fourth-order valence-electron chi connectivity index (χ4n) is 1.85. The minimum atomic E-state index is -0.315. The van der Waals surface area contributed by atoms with Crippen molar-refractivity contribution < 1.29 is 23.8 Å². The molecule has 2 rings (SSSR count). The molecule has 5 nitrogen and oxygen atoms in total. The van der Waals surface area contributed by atoms with Gasteiger partial charge in [-0.25, -0.2) is 4.39 Å². The highest BCUT2D eigenvalue weighted by Gasteiger charge is 2.06. The lowest BCUT2D eigenvalue weighted by Crippen LogP contribution is -2.26. The molecule has 0 saturated carbocycles. The second kappa shape index (κ2) is 8.75. The Hall–Kier alpha value is -2.60. The Balaban J connectivity index is 1.79. The first-order valence-electron chi connectivity index (χ1n) is 7.19. The number of rotatable bonds is 8. The number of aliphatic hydroxyl groups excluding tert-OH is 1. The van der Waals surface area contributed by atoms with Crippen molar-refractivity contribution in [2.45, 2.75) is 0 Å². The van der Waals surface area contributed by atoms with Crippen molar-refractivity contribution in [3.63, 3.8) is 0 Å². The molecule has 23 heavy (non-hydrogen) atoms. The van der Waals surface area contributed by atoms with Gasteiger partial charge in [-0.15, -0.1) is 0 Å². The van der Waals surface area contributed by atoms with Crippen molar-refractivity contribution >= 4 is 5.91 Å². The lowest BCUT2D eigenvalue weighted by Gasteiger charge is -2.09. The van der Waals surface area contributed by atoms with Gasteiger partial charge < -0.3 is 19.9 Å². The van der Waals surface area contributed by atoms with Gasteiger partial charge in [-0.1, -0.05) is 6.07 Å². The molecule has 0 aliphatic rings. The molecule has 0 aliphatic heterocycles. The molecule has 2 aromatic rings. The van der Waals surface area contributed by atoms with Crippen molar-refractivity contribution in [1.82, 2.24) is 5.32 Å². The van der Waals surface area contributed by atoms with E-state index in [9.17, 15) is 9.18 Å². The van der Waals surface area contributed by atoms with Crippen molar-refractivity contribution in [1.29, 1.82) is 0 Å². The van der Waals surface area contributed by atoms with Crippen molar-refractivity contribution in [3.8, 4) is 11.5 Å². The highest BCUT2D eigenvalue weighted by atomic mass is 19.1. The highest BCUT2D eigenvalue weighted by molar-refractivity contribution is 5.94. The van der Waals surface area contributed by atoms with Gasteiger partial charge >= 0.3 is 0 Å². The van der Waals surface area contributed by atoms with Crippen molar-refractivity contribution in [2.75, 3.05) is 26.4 Å². The monoisotopic (exact) mass is 319 g/mol. The summed E-state index contributed by atoms with van der Waals surface area (Å²) in [6.07, 6.45) is 0. The fourth-order valence-corrected chi connectivity index (χ4v) is 1.85. The average Bonchev–Trinajstić information content (AvgIpc) is 2.58. The van der Waals surface area contributed by atoms with Crippen molar-refractivity contribution in [3.05, 3.63) is 59.9 Å². The number of ether oxygens (including phenoxy) is 2. The van der Waals surface area contributed by atoms with Gasteiger partial charge in [0.2, 0.25) is 0 Å². The Bertz CT molecular complexity index is 631. The minimum absolute atomic E-state index is 0.108. The van der Waals surface area contributed by atoms with E-state index in [0.717, 1.165) is 0 Å². The molecule has 1 amide bonds. The molecule has 0 aliphatic carbocycles. The van der Waals surface area contributed by atoms with E-state index in [1.54, 1.807) is 36.4 Å². The SMILES string of the molecule is O=C(NCCO)c1cccc(OCCOc2ccc(F)cc2)c1. The molecule has 0 saturated heterocycles. The van der Waals surface area contributed by atoms with E-state index in [4.69, 9.17) is 14.6 Å². The zero-order chi connectivity index (χ0) is 16.5. The Morgan fingerprint density at radius 1 is 1.04 bits per heavy atom. The lowest BCUT2D eigenvalue weighted by molar-refractivity contribution is 0.0944. The molecule has 0 unspecified atom stereocenters. The number of carbonyl (C=O) groups excluding carboxylic acids is 1. The average molecular weight is 319 g/mol. The third-order valence-electron chi connectivity index (χ3n) is 2.93. The Kier molecular flexibility index (Phi) is 6.38. The maximum absolute atomic E-state index is 12.8. The molecular weight excluding hydrogens is 301 g/mol. The molecule has 0 bridgehead atoms. The van der Waals surface area contributed by atoms with Crippen LogP contribution in [-0.4, -0.2) is 37.4 Å². The summed E-state index contributed by atoms with van der Waals surface area (Å²) in [5, 5.41) is 11.3. The van der Waals surface area contributed by atoms with Crippen LogP contribution < -0.4 is 14.8 Å². The van der Waals surface area contributed by atoms with E-state index in [0.29, 0.717) is 30.3 Å². The summed E-state index contributed by atoms with van der Waals surface area (Å²) in [7, 11) is 0. The first-order valence-corrected chi connectivity index (χ1v) is 7.19. The number of aliphatic hydroxyl groups is 1. The van der Waals surface area contributed by atoms with E-state index in [1.807, 2.05) is 0 Å². The Labute approximate surface area is 133 Å². The van der Waals surface area contributed by atoms with E-state index in [2.05, 4.69) is 5.32 Å². The lowest BCUT2D eigenvalue weighted by atomic mass is 10.2. The van der Waals surface area contributed by atoms with Gasteiger partial charge in [0, 0.05) is 12.1 Å². The zero-order valence-electron chi connectivity index (χ0n) is 12.5. The van der Waals surface area contributed by atoms with Crippen LogP contribution in [-0.2, 0) is 0 Å². The van der Waals surface area contributed by atoms with Gasteiger partial charge in [0.1, 0.15) is 30.5 Å². The zero-order valence-corrected chi connectivity index (χ0v) is 12.5. The third-order valence-corrected chi connectivity index (χ3v) is 2.93. The fraction of sp³-hybridized carbons (Fsp3) is 0.235. The summed E-state index contributed by atoms with van der Waals surface area (Å²) in [4.78, 5) is 11.8. The normalized spacial score (nSPS) is 10.2. The molecule has 122 valence electrons. The van der Waals surface area contributed by atoms with Gasteiger partial charge in [-0.2, -0.15) is 0 Å². The maximum atomic E-state index is 12.8. The molecule has 0 heterocycles. The molecule has 6 heteroatoms. The summed E-state index contributed by atoms with van der Waals surface area (Å²) in [6.45, 7) is 0.684. The summed E-state index contributed by atoms with van der Waals surface area (Å²) < 4.78 is 23.7. The topological polar surface area (TPSA) is 67.8 Å². The van der Waals surface area contributed by atoms with Gasteiger partial charge in [0.15, 0.2) is 0 Å². The van der Waals surface area contributed by atoms with Crippen LogP contribution in [0.25, 0.3) is 0 Å². The molecule has 0 fully saturated rings. The van der Waals surface area contributed by atoms with Crippen molar-refractivity contribution in [2.24, 2.45) is 0 Å². The van der Waals surface area contributed by atoms with Gasteiger partial charge in [-0.05, 0) is 42.5 Å². The molecule has 0 aromatic heterocycles. The number of amides is 1. The molecule has 0 spiro atoms. The van der Waals surface area contributed by atoms with Gasteiger partial charge in [0.25, 0.3) is 5.91 Å². The van der Waals surface area contributed by atoms with Gasteiger partial charge in [0.05, 0.1) is 6.61 Å².